The van der Waals surface area contributed by atoms with Gasteiger partial charge in [-0.15, -0.1) is 0 Å². The van der Waals surface area contributed by atoms with Crippen molar-refractivity contribution in [3.63, 3.8) is 0 Å². The van der Waals surface area contributed by atoms with Gasteiger partial charge in [-0.05, 0) is 35.2 Å². The van der Waals surface area contributed by atoms with Gasteiger partial charge >= 0.3 is 6.18 Å². The summed E-state index contributed by atoms with van der Waals surface area (Å²) >= 11 is 6.18. The lowest BCUT2D eigenvalue weighted by atomic mass is 9.87. The first-order chi connectivity index (χ1) is 16.0. The van der Waals surface area contributed by atoms with Crippen molar-refractivity contribution in [1.29, 1.82) is 0 Å². The van der Waals surface area contributed by atoms with Gasteiger partial charge in [0.2, 0.25) is 0 Å². The standard InChI is InChI=1S/C23H22ClF3N4O2S/c1-30-12-21(28-14-30)34(32,33)31-11-19-18-5-3-2-4-15(18)9-22(19,13-31)29-10-16-6-7-17(8-20(16)24)23(25,26)27/h2-8,12,14,19,29H,9-11,13H2,1H3/t19-,22-/m1/s1. The number of nitrogens with zero attached hydrogens (tertiary/aromatic N) is 3. The summed E-state index contributed by atoms with van der Waals surface area (Å²) in [5, 5.41) is 3.49. The summed E-state index contributed by atoms with van der Waals surface area (Å²) in [6.45, 7) is 0.701. The third-order valence-electron chi connectivity index (χ3n) is 6.74. The minimum absolute atomic E-state index is 0.0100. The molecule has 1 aliphatic heterocycles. The summed E-state index contributed by atoms with van der Waals surface area (Å²) < 4.78 is 68.6. The average Bonchev–Trinajstić information content (AvgIpc) is 3.44. The van der Waals surface area contributed by atoms with Crippen molar-refractivity contribution in [2.45, 2.75) is 35.6 Å². The highest BCUT2D eigenvalue weighted by molar-refractivity contribution is 7.89. The Hall–Kier alpha value is -2.40. The molecule has 2 heterocycles. The molecule has 1 saturated heterocycles. The maximum atomic E-state index is 13.3. The SMILES string of the molecule is Cn1cnc(S(=O)(=O)N2C[C@@H]3c4ccccc4C[C@@]3(NCc3ccc(C(F)(F)F)cc3Cl)C2)c1. The molecule has 34 heavy (non-hydrogen) atoms. The minimum Gasteiger partial charge on any atom is -0.339 e. The fourth-order valence-electron chi connectivity index (χ4n) is 5.04. The van der Waals surface area contributed by atoms with E-state index in [4.69, 9.17) is 11.6 Å². The number of fused-ring (bicyclic) bond motifs is 3. The third-order valence-corrected chi connectivity index (χ3v) is 8.79. The van der Waals surface area contributed by atoms with Gasteiger partial charge in [-0.2, -0.15) is 17.5 Å². The van der Waals surface area contributed by atoms with Gasteiger partial charge in [0.15, 0.2) is 5.03 Å². The summed E-state index contributed by atoms with van der Waals surface area (Å²) in [4.78, 5) is 4.03. The number of benzene rings is 2. The van der Waals surface area contributed by atoms with Crippen molar-refractivity contribution in [2.24, 2.45) is 7.05 Å². The molecular formula is C23H22ClF3N4O2S. The zero-order valence-electron chi connectivity index (χ0n) is 18.2. The first-order valence-electron chi connectivity index (χ1n) is 10.7. The molecule has 0 unspecified atom stereocenters. The topological polar surface area (TPSA) is 67.2 Å². The quantitative estimate of drug-likeness (QED) is 0.564. The molecular weight excluding hydrogens is 489 g/mol. The van der Waals surface area contributed by atoms with E-state index in [1.54, 1.807) is 11.6 Å². The van der Waals surface area contributed by atoms with E-state index in [1.807, 2.05) is 24.3 Å². The summed E-state index contributed by atoms with van der Waals surface area (Å²) in [5.74, 6) is -0.115. The molecule has 2 atom stereocenters. The molecule has 0 spiro atoms. The van der Waals surface area contributed by atoms with Crippen LogP contribution in [0.5, 0.6) is 0 Å². The molecule has 5 rings (SSSR count). The zero-order valence-corrected chi connectivity index (χ0v) is 19.8. The third kappa shape index (κ3) is 3.92. The van der Waals surface area contributed by atoms with E-state index in [9.17, 15) is 21.6 Å². The molecule has 1 aromatic heterocycles. The van der Waals surface area contributed by atoms with Crippen LogP contribution in [0, 0.1) is 0 Å². The second-order valence-corrected chi connectivity index (χ2v) is 11.2. The second kappa shape index (κ2) is 8.08. The Kier molecular flexibility index (Phi) is 5.55. The minimum atomic E-state index is -4.47. The van der Waals surface area contributed by atoms with Crippen LogP contribution >= 0.6 is 11.6 Å². The molecule has 11 heteroatoms. The number of alkyl halides is 3. The van der Waals surface area contributed by atoms with Crippen LogP contribution in [0.4, 0.5) is 13.2 Å². The van der Waals surface area contributed by atoms with Crippen molar-refractivity contribution in [3.05, 3.63) is 82.3 Å². The fourth-order valence-corrected chi connectivity index (χ4v) is 6.77. The number of rotatable bonds is 5. The highest BCUT2D eigenvalue weighted by atomic mass is 35.5. The molecule has 2 aliphatic rings. The second-order valence-electron chi connectivity index (χ2n) is 8.92. The van der Waals surface area contributed by atoms with Crippen molar-refractivity contribution in [3.8, 4) is 0 Å². The van der Waals surface area contributed by atoms with E-state index >= 15 is 0 Å². The lowest BCUT2D eigenvalue weighted by molar-refractivity contribution is -0.137. The van der Waals surface area contributed by atoms with Crippen LogP contribution in [0.1, 0.15) is 28.2 Å². The Labute approximate surface area is 200 Å². The number of imidazole rings is 1. The number of sulfonamides is 1. The van der Waals surface area contributed by atoms with Crippen molar-refractivity contribution in [1.82, 2.24) is 19.2 Å². The highest BCUT2D eigenvalue weighted by Gasteiger charge is 2.54. The number of halogens is 4. The molecule has 1 N–H and O–H groups in total. The molecule has 0 radical (unpaired) electrons. The highest BCUT2D eigenvalue weighted by Crippen LogP contribution is 2.47. The largest absolute Gasteiger partial charge is 0.416 e. The summed E-state index contributed by atoms with van der Waals surface area (Å²) in [5.41, 5.74) is 1.31. The van der Waals surface area contributed by atoms with Crippen LogP contribution in [0.2, 0.25) is 5.02 Å². The number of aryl methyl sites for hydroxylation is 1. The van der Waals surface area contributed by atoms with E-state index in [0.29, 0.717) is 12.0 Å². The van der Waals surface area contributed by atoms with Gasteiger partial charge in [0.25, 0.3) is 10.0 Å². The Balaban J connectivity index is 1.45. The van der Waals surface area contributed by atoms with Crippen LogP contribution < -0.4 is 5.32 Å². The number of hydrogen-bond acceptors (Lipinski definition) is 4. The number of hydrogen-bond donors (Lipinski definition) is 1. The van der Waals surface area contributed by atoms with E-state index in [1.165, 1.54) is 22.9 Å². The summed E-state index contributed by atoms with van der Waals surface area (Å²) in [6, 6.07) is 11.2. The first kappa shape index (κ1) is 23.3. The Bertz CT molecular complexity index is 1360. The lowest BCUT2D eigenvalue weighted by Crippen LogP contribution is -2.50. The molecule has 0 bridgehead atoms. The fraction of sp³-hybridized carbons (Fsp3) is 0.348. The van der Waals surface area contributed by atoms with Crippen molar-refractivity contribution in [2.75, 3.05) is 13.1 Å². The van der Waals surface area contributed by atoms with Crippen LogP contribution in [-0.4, -0.2) is 40.9 Å². The number of nitrogens with one attached hydrogen (secondary N) is 1. The smallest absolute Gasteiger partial charge is 0.339 e. The zero-order chi connectivity index (χ0) is 24.3. The predicted octanol–water partition coefficient (Wildman–Crippen LogP) is 3.97. The normalized spacial score (nSPS) is 22.7. The number of aromatic nitrogens is 2. The van der Waals surface area contributed by atoms with Crippen LogP contribution in [0.3, 0.4) is 0 Å². The van der Waals surface area contributed by atoms with Gasteiger partial charge < -0.3 is 9.88 Å². The molecule has 6 nitrogen and oxygen atoms in total. The van der Waals surface area contributed by atoms with Gasteiger partial charge in [-0.1, -0.05) is 41.9 Å². The first-order valence-corrected chi connectivity index (χ1v) is 12.5. The lowest BCUT2D eigenvalue weighted by Gasteiger charge is -2.31. The Morgan fingerprint density at radius 2 is 2.00 bits per heavy atom. The monoisotopic (exact) mass is 510 g/mol. The predicted molar refractivity (Wildman–Crippen MR) is 121 cm³/mol. The molecule has 2 aromatic carbocycles. The van der Waals surface area contributed by atoms with Crippen LogP contribution in [0.25, 0.3) is 0 Å². The Morgan fingerprint density at radius 3 is 2.68 bits per heavy atom. The van der Waals surface area contributed by atoms with Crippen LogP contribution in [-0.2, 0) is 36.2 Å². The van der Waals surface area contributed by atoms with E-state index < -0.39 is 27.3 Å². The van der Waals surface area contributed by atoms with Crippen LogP contribution in [0.15, 0.2) is 60.0 Å². The van der Waals surface area contributed by atoms with Gasteiger partial charge in [0.1, 0.15) is 0 Å². The van der Waals surface area contributed by atoms with Crippen molar-refractivity contribution < 1.29 is 21.6 Å². The van der Waals surface area contributed by atoms with Gasteiger partial charge in [-0.3, -0.25) is 0 Å². The van der Waals surface area contributed by atoms with E-state index in [2.05, 4.69) is 10.3 Å². The summed E-state index contributed by atoms with van der Waals surface area (Å²) in [6.07, 6.45) is -0.961. The molecule has 0 amide bonds. The molecule has 180 valence electrons. The summed E-state index contributed by atoms with van der Waals surface area (Å²) in [7, 11) is -2.10. The molecule has 1 aliphatic carbocycles. The molecule has 0 saturated carbocycles. The Morgan fingerprint density at radius 1 is 1.24 bits per heavy atom. The van der Waals surface area contributed by atoms with Gasteiger partial charge in [-0.25, -0.2) is 13.4 Å². The maximum absolute atomic E-state index is 13.3. The van der Waals surface area contributed by atoms with E-state index in [0.717, 1.165) is 23.3 Å². The van der Waals surface area contributed by atoms with Gasteiger partial charge in [0, 0.05) is 49.4 Å². The average molecular weight is 511 g/mol. The molecule has 1 fully saturated rings. The van der Waals surface area contributed by atoms with Crippen molar-refractivity contribution >= 4 is 21.6 Å². The maximum Gasteiger partial charge on any atom is 0.416 e. The van der Waals surface area contributed by atoms with E-state index in [-0.39, 0.29) is 35.6 Å². The molecule has 3 aromatic rings. The van der Waals surface area contributed by atoms with Gasteiger partial charge in [0.05, 0.1) is 11.9 Å².